The monoisotopic (exact) mass is 282 g/mol. The Morgan fingerprint density at radius 3 is 2.84 bits per heavy atom. The van der Waals surface area contributed by atoms with Crippen LogP contribution < -0.4 is 10.6 Å². The summed E-state index contributed by atoms with van der Waals surface area (Å²) in [5.74, 6) is 0. The molecule has 2 N–H and O–H groups in total. The summed E-state index contributed by atoms with van der Waals surface area (Å²) in [6, 6.07) is 6.56. The SMILES string of the molecule is CC(N)Cc1cccc(Cl)c1N(C)C1CCOC1C. The molecule has 4 heteroatoms. The zero-order valence-corrected chi connectivity index (χ0v) is 12.7. The predicted octanol–water partition coefficient (Wildman–Crippen LogP) is 2.84. The van der Waals surface area contributed by atoms with Gasteiger partial charge in [-0.1, -0.05) is 23.7 Å². The summed E-state index contributed by atoms with van der Waals surface area (Å²) in [6.07, 6.45) is 2.12. The Balaban J connectivity index is 2.31. The molecule has 1 aromatic rings. The zero-order chi connectivity index (χ0) is 14.0. The minimum absolute atomic E-state index is 0.128. The van der Waals surface area contributed by atoms with Gasteiger partial charge in [-0.3, -0.25) is 0 Å². The molecule has 0 bridgehead atoms. The lowest BCUT2D eigenvalue weighted by Gasteiger charge is -2.31. The molecule has 1 aliphatic heterocycles. The summed E-state index contributed by atoms with van der Waals surface area (Å²) in [5, 5.41) is 0.791. The third kappa shape index (κ3) is 3.22. The highest BCUT2D eigenvalue weighted by atomic mass is 35.5. The topological polar surface area (TPSA) is 38.5 Å². The van der Waals surface area contributed by atoms with Crippen molar-refractivity contribution in [3.05, 3.63) is 28.8 Å². The maximum atomic E-state index is 6.41. The fourth-order valence-electron chi connectivity index (χ4n) is 2.86. The first-order chi connectivity index (χ1) is 9.00. The molecule has 1 heterocycles. The lowest BCUT2D eigenvalue weighted by atomic mass is 10.0. The van der Waals surface area contributed by atoms with Gasteiger partial charge in [0.1, 0.15) is 0 Å². The third-order valence-corrected chi connectivity index (χ3v) is 4.10. The van der Waals surface area contributed by atoms with Crippen molar-refractivity contribution < 1.29 is 4.74 Å². The molecule has 1 aliphatic rings. The van der Waals surface area contributed by atoms with Gasteiger partial charge in [0.2, 0.25) is 0 Å². The average Bonchev–Trinajstić information content (AvgIpc) is 2.74. The zero-order valence-electron chi connectivity index (χ0n) is 11.9. The van der Waals surface area contributed by atoms with Crippen molar-refractivity contribution in [2.24, 2.45) is 5.73 Å². The Hall–Kier alpha value is -0.770. The second kappa shape index (κ2) is 6.12. The van der Waals surface area contributed by atoms with E-state index in [9.17, 15) is 0 Å². The number of anilines is 1. The van der Waals surface area contributed by atoms with Gasteiger partial charge in [0.15, 0.2) is 0 Å². The number of para-hydroxylation sites is 1. The first-order valence-corrected chi connectivity index (χ1v) is 7.26. The van der Waals surface area contributed by atoms with Gasteiger partial charge >= 0.3 is 0 Å². The molecular formula is C15H23ClN2O. The highest BCUT2D eigenvalue weighted by Crippen LogP contribution is 2.34. The largest absolute Gasteiger partial charge is 0.376 e. The number of nitrogens with two attached hydrogens (primary N) is 1. The van der Waals surface area contributed by atoms with Crippen molar-refractivity contribution in [3.8, 4) is 0 Å². The summed E-state index contributed by atoms with van der Waals surface area (Å²) >= 11 is 6.41. The van der Waals surface area contributed by atoms with Crippen molar-refractivity contribution >= 4 is 17.3 Å². The van der Waals surface area contributed by atoms with Crippen molar-refractivity contribution in [2.45, 2.75) is 44.9 Å². The Labute approximate surface area is 120 Å². The minimum atomic E-state index is 0.128. The normalized spacial score (nSPS) is 24.5. The Bertz CT molecular complexity index is 436. The van der Waals surface area contributed by atoms with Gasteiger partial charge in [-0.2, -0.15) is 0 Å². The first-order valence-electron chi connectivity index (χ1n) is 6.88. The predicted molar refractivity (Wildman–Crippen MR) is 81.0 cm³/mol. The van der Waals surface area contributed by atoms with Crippen molar-refractivity contribution in [1.82, 2.24) is 0 Å². The van der Waals surface area contributed by atoms with Crippen LogP contribution in [0.5, 0.6) is 0 Å². The van der Waals surface area contributed by atoms with Gasteiger partial charge in [-0.05, 0) is 38.3 Å². The summed E-state index contributed by atoms with van der Waals surface area (Å²) in [4.78, 5) is 2.26. The van der Waals surface area contributed by atoms with E-state index in [0.717, 1.165) is 30.2 Å². The van der Waals surface area contributed by atoms with Gasteiger partial charge < -0.3 is 15.4 Å². The van der Waals surface area contributed by atoms with Crippen LogP contribution in [0.15, 0.2) is 18.2 Å². The maximum absolute atomic E-state index is 6.41. The molecule has 19 heavy (non-hydrogen) atoms. The number of hydrogen-bond donors (Lipinski definition) is 1. The van der Waals surface area contributed by atoms with E-state index in [1.165, 1.54) is 5.56 Å². The summed E-state index contributed by atoms with van der Waals surface area (Å²) in [5.41, 5.74) is 8.25. The molecule has 106 valence electrons. The average molecular weight is 283 g/mol. The first kappa shape index (κ1) is 14.6. The summed E-state index contributed by atoms with van der Waals surface area (Å²) < 4.78 is 5.66. The van der Waals surface area contributed by atoms with Crippen LogP contribution >= 0.6 is 11.6 Å². The van der Waals surface area contributed by atoms with E-state index in [1.807, 2.05) is 19.1 Å². The fourth-order valence-corrected chi connectivity index (χ4v) is 3.19. The second-order valence-electron chi connectivity index (χ2n) is 5.47. The Kier molecular flexibility index (Phi) is 4.71. The van der Waals surface area contributed by atoms with Crippen LogP contribution in [0.4, 0.5) is 5.69 Å². The second-order valence-corrected chi connectivity index (χ2v) is 5.88. The van der Waals surface area contributed by atoms with E-state index in [2.05, 4.69) is 24.9 Å². The standard InChI is InChI=1S/C15H23ClN2O/c1-10(17)9-12-5-4-6-13(16)15(12)18(3)14-7-8-19-11(14)2/h4-6,10-11,14H,7-9,17H2,1-3H3. The summed E-state index contributed by atoms with van der Waals surface area (Å²) in [7, 11) is 2.10. The molecule has 1 saturated heterocycles. The molecule has 1 fully saturated rings. The van der Waals surface area contributed by atoms with Gasteiger partial charge in [-0.15, -0.1) is 0 Å². The molecule has 2 rings (SSSR count). The van der Waals surface area contributed by atoms with Crippen molar-refractivity contribution in [1.29, 1.82) is 0 Å². The van der Waals surface area contributed by atoms with Gasteiger partial charge in [0.05, 0.1) is 22.9 Å². The number of ether oxygens (including phenoxy) is 1. The molecule has 3 nitrogen and oxygen atoms in total. The van der Waals surface area contributed by atoms with Gasteiger partial charge in [-0.25, -0.2) is 0 Å². The van der Waals surface area contributed by atoms with Crippen molar-refractivity contribution in [2.75, 3.05) is 18.6 Å². The fraction of sp³-hybridized carbons (Fsp3) is 0.600. The van der Waals surface area contributed by atoms with E-state index in [4.69, 9.17) is 22.1 Å². The molecule has 0 amide bonds. The molecule has 0 spiro atoms. The molecule has 0 radical (unpaired) electrons. The van der Waals surface area contributed by atoms with Crippen LogP contribution in [0.2, 0.25) is 5.02 Å². The van der Waals surface area contributed by atoms with Gasteiger partial charge in [0, 0.05) is 19.7 Å². The molecule has 0 aliphatic carbocycles. The minimum Gasteiger partial charge on any atom is -0.376 e. The van der Waals surface area contributed by atoms with E-state index in [1.54, 1.807) is 0 Å². The lowest BCUT2D eigenvalue weighted by molar-refractivity contribution is 0.118. The van der Waals surface area contributed by atoms with Crippen molar-refractivity contribution in [3.63, 3.8) is 0 Å². The van der Waals surface area contributed by atoms with Crippen LogP contribution in [0, 0.1) is 0 Å². The molecule has 3 atom stereocenters. The van der Waals surface area contributed by atoms with Crippen LogP contribution in [0.3, 0.4) is 0 Å². The van der Waals surface area contributed by atoms with E-state index in [0.29, 0.717) is 6.04 Å². The highest BCUT2D eigenvalue weighted by molar-refractivity contribution is 6.33. The molecular weight excluding hydrogens is 260 g/mol. The summed E-state index contributed by atoms with van der Waals surface area (Å²) in [6.45, 7) is 4.96. The number of nitrogens with zero attached hydrogens (tertiary/aromatic N) is 1. The third-order valence-electron chi connectivity index (χ3n) is 3.80. The quantitative estimate of drug-likeness (QED) is 0.923. The molecule has 1 aromatic carbocycles. The molecule has 3 unspecified atom stereocenters. The number of benzene rings is 1. The highest BCUT2D eigenvalue weighted by Gasteiger charge is 2.30. The molecule has 0 aromatic heterocycles. The molecule has 0 saturated carbocycles. The number of likely N-dealkylation sites (N-methyl/N-ethyl adjacent to an activating group) is 1. The lowest BCUT2D eigenvalue weighted by Crippen LogP contribution is -2.37. The van der Waals surface area contributed by atoms with Crippen LogP contribution in [-0.4, -0.2) is 31.8 Å². The Morgan fingerprint density at radius 1 is 1.53 bits per heavy atom. The van der Waals surface area contributed by atoms with E-state index >= 15 is 0 Å². The number of hydrogen-bond acceptors (Lipinski definition) is 3. The van der Waals surface area contributed by atoms with Crippen LogP contribution in [0.1, 0.15) is 25.8 Å². The number of rotatable bonds is 4. The maximum Gasteiger partial charge on any atom is 0.0750 e. The van der Waals surface area contributed by atoms with Crippen LogP contribution in [-0.2, 0) is 11.2 Å². The smallest absolute Gasteiger partial charge is 0.0750 e. The van der Waals surface area contributed by atoms with E-state index in [-0.39, 0.29) is 12.1 Å². The van der Waals surface area contributed by atoms with Gasteiger partial charge in [0.25, 0.3) is 0 Å². The Morgan fingerprint density at radius 2 is 2.26 bits per heavy atom. The van der Waals surface area contributed by atoms with Crippen LogP contribution in [0.25, 0.3) is 0 Å². The number of halogens is 1. The van der Waals surface area contributed by atoms with E-state index < -0.39 is 0 Å².